The van der Waals surface area contributed by atoms with Gasteiger partial charge in [0.15, 0.2) is 10.1 Å². The molecule has 6 heteroatoms. The highest BCUT2D eigenvalue weighted by atomic mass is 32.2. The van der Waals surface area contributed by atoms with Crippen molar-refractivity contribution in [3.05, 3.63) is 36.4 Å². The summed E-state index contributed by atoms with van der Waals surface area (Å²) in [5, 5.41) is 1.60. The highest BCUT2D eigenvalue weighted by Crippen LogP contribution is 2.19. The molecular weight excluding hydrogens is 218 g/mol. The lowest BCUT2D eigenvalue weighted by molar-refractivity contribution is -0.641. The van der Waals surface area contributed by atoms with Crippen LogP contribution in [0, 0.1) is 0 Å². The summed E-state index contributed by atoms with van der Waals surface area (Å²) in [6.07, 6.45) is 0. The molecule has 0 saturated carbocycles. The Balaban J connectivity index is 2.46. The first-order valence-corrected chi connectivity index (χ1v) is 5.51. The van der Waals surface area contributed by atoms with E-state index in [4.69, 9.17) is 4.52 Å². The molecule has 2 aromatic rings. The van der Waals surface area contributed by atoms with Gasteiger partial charge in [0, 0.05) is 5.56 Å². The molecule has 2 rings (SSSR count). The zero-order chi connectivity index (χ0) is 10.9. The average Bonchev–Trinajstić information content (AvgIpc) is 2.67. The van der Waals surface area contributed by atoms with E-state index in [9.17, 15) is 13.0 Å². The Morgan fingerprint density at radius 1 is 1.20 bits per heavy atom. The van der Waals surface area contributed by atoms with Crippen LogP contribution in [0.4, 0.5) is 0 Å². The molecule has 1 heterocycles. The maximum atomic E-state index is 10.6. The van der Waals surface area contributed by atoms with Gasteiger partial charge in [0.1, 0.15) is 0 Å². The van der Waals surface area contributed by atoms with E-state index in [0.717, 1.165) is 6.07 Å². The molecule has 0 radical (unpaired) electrons. The molecule has 0 aliphatic heterocycles. The summed E-state index contributed by atoms with van der Waals surface area (Å²) < 4.78 is 36.8. The number of aromatic amines is 1. The summed E-state index contributed by atoms with van der Waals surface area (Å²) >= 11 is 0. The number of nitrogens with one attached hydrogen (secondary N) is 1. The van der Waals surface area contributed by atoms with Gasteiger partial charge >= 0.3 is 5.03 Å². The van der Waals surface area contributed by atoms with Gasteiger partial charge in [-0.25, -0.2) is 12.9 Å². The van der Waals surface area contributed by atoms with Crippen molar-refractivity contribution in [2.45, 2.75) is 5.03 Å². The zero-order valence-electron chi connectivity index (χ0n) is 7.51. The van der Waals surface area contributed by atoms with E-state index in [0.29, 0.717) is 11.3 Å². The molecule has 0 unspecified atom stereocenters. The van der Waals surface area contributed by atoms with Gasteiger partial charge in [-0.15, -0.1) is 0 Å². The molecule has 0 aliphatic carbocycles. The van der Waals surface area contributed by atoms with Crippen molar-refractivity contribution in [3.8, 4) is 11.3 Å². The van der Waals surface area contributed by atoms with E-state index in [1.165, 1.54) is 0 Å². The van der Waals surface area contributed by atoms with Crippen LogP contribution in [-0.2, 0) is 10.1 Å². The first kappa shape index (κ1) is 9.88. The van der Waals surface area contributed by atoms with Crippen molar-refractivity contribution in [1.29, 1.82) is 0 Å². The lowest BCUT2D eigenvalue weighted by atomic mass is 10.2. The quantitative estimate of drug-likeness (QED) is 0.703. The number of hydrogen-bond donors (Lipinski definition) is 0. The van der Waals surface area contributed by atoms with Gasteiger partial charge in [-0.2, -0.15) is 0 Å². The average molecular weight is 225 g/mol. The Morgan fingerprint density at radius 2 is 1.87 bits per heavy atom. The maximum absolute atomic E-state index is 10.6. The fraction of sp³-hybridized carbons (Fsp3) is 0. The van der Waals surface area contributed by atoms with Crippen LogP contribution >= 0.6 is 0 Å². The normalized spacial score (nSPS) is 11.5. The first-order chi connectivity index (χ1) is 7.07. The topological polar surface area (TPSA) is 84.5 Å². The van der Waals surface area contributed by atoms with Crippen molar-refractivity contribution in [1.82, 2.24) is 0 Å². The van der Waals surface area contributed by atoms with Crippen molar-refractivity contribution < 1.29 is 22.7 Å². The molecule has 1 aromatic heterocycles. The van der Waals surface area contributed by atoms with Gasteiger partial charge in [-0.1, -0.05) is 30.3 Å². The third-order valence-electron chi connectivity index (χ3n) is 1.85. The molecule has 1 N–H and O–H groups in total. The van der Waals surface area contributed by atoms with Crippen LogP contribution in [0.15, 0.2) is 45.9 Å². The zero-order valence-corrected chi connectivity index (χ0v) is 8.32. The van der Waals surface area contributed by atoms with E-state index in [2.05, 4.69) is 5.16 Å². The van der Waals surface area contributed by atoms with Crippen LogP contribution in [0.3, 0.4) is 0 Å². The minimum absolute atomic E-state index is 0.310. The van der Waals surface area contributed by atoms with E-state index < -0.39 is 15.1 Å². The molecule has 0 atom stereocenters. The molecule has 0 fully saturated rings. The van der Waals surface area contributed by atoms with Crippen molar-refractivity contribution in [2.75, 3.05) is 0 Å². The number of hydrogen-bond acceptors (Lipinski definition) is 4. The summed E-state index contributed by atoms with van der Waals surface area (Å²) in [6.45, 7) is 0. The summed E-state index contributed by atoms with van der Waals surface area (Å²) in [6, 6.07) is 10.0. The van der Waals surface area contributed by atoms with E-state index in [1.54, 1.807) is 24.3 Å². The number of aromatic nitrogens is 1. The van der Waals surface area contributed by atoms with Crippen molar-refractivity contribution in [2.24, 2.45) is 0 Å². The molecule has 15 heavy (non-hydrogen) atoms. The largest absolute Gasteiger partial charge is 0.739 e. The molecular formula is C9H7NO4S. The Morgan fingerprint density at radius 3 is 2.40 bits per heavy atom. The van der Waals surface area contributed by atoms with Crippen LogP contribution in [0.2, 0.25) is 0 Å². The van der Waals surface area contributed by atoms with Crippen molar-refractivity contribution in [3.63, 3.8) is 0 Å². The monoisotopic (exact) mass is 225 g/mol. The number of benzene rings is 1. The minimum Gasteiger partial charge on any atom is -0.739 e. The predicted molar refractivity (Wildman–Crippen MR) is 48.7 cm³/mol. The van der Waals surface area contributed by atoms with Gasteiger partial charge in [-0.3, -0.25) is 0 Å². The van der Waals surface area contributed by atoms with Gasteiger partial charge in [0.05, 0.1) is 6.07 Å². The van der Waals surface area contributed by atoms with Crippen LogP contribution < -0.4 is 5.16 Å². The fourth-order valence-electron chi connectivity index (χ4n) is 1.15. The maximum Gasteiger partial charge on any atom is 0.330 e. The smallest absolute Gasteiger partial charge is 0.330 e. The summed E-state index contributed by atoms with van der Waals surface area (Å²) in [5.74, 6) is 0.310. The van der Waals surface area contributed by atoms with Gasteiger partial charge in [-0.05, 0) is 5.16 Å². The number of rotatable bonds is 2. The second-order valence-corrected chi connectivity index (χ2v) is 4.25. The summed E-state index contributed by atoms with van der Waals surface area (Å²) in [4.78, 5) is 0. The molecule has 0 aliphatic rings. The minimum atomic E-state index is -4.49. The van der Waals surface area contributed by atoms with Crippen molar-refractivity contribution >= 4 is 10.1 Å². The van der Waals surface area contributed by atoms with Gasteiger partial charge < -0.3 is 4.55 Å². The summed E-state index contributed by atoms with van der Waals surface area (Å²) in [7, 11) is -4.49. The highest BCUT2D eigenvalue weighted by Gasteiger charge is 2.17. The third kappa shape index (κ3) is 2.05. The Labute approximate surface area is 86.1 Å². The molecule has 5 nitrogen and oxygen atoms in total. The predicted octanol–water partition coefficient (Wildman–Crippen LogP) is 0.665. The molecule has 78 valence electrons. The molecule has 1 aromatic carbocycles. The van der Waals surface area contributed by atoms with Crippen LogP contribution in [0.25, 0.3) is 11.3 Å². The third-order valence-corrected chi connectivity index (χ3v) is 2.59. The Bertz CT molecular complexity index is 559. The standard InChI is InChI=1S/C9H7NO4S/c11-15(12,13)9-6-8(14-10-9)7-4-2-1-3-5-7/h1-6H,(H,11,12,13). The lowest BCUT2D eigenvalue weighted by Gasteiger charge is -1.93. The van der Waals surface area contributed by atoms with E-state index in [1.807, 2.05) is 6.07 Å². The SMILES string of the molecule is O=S(=O)([O-])c1cc(-c2ccccc2)o[nH+]1. The van der Waals surface area contributed by atoms with Crippen LogP contribution in [0.1, 0.15) is 0 Å². The fourth-order valence-corrected chi connectivity index (χ4v) is 1.55. The number of H-pyrrole nitrogens is 1. The molecule has 0 amide bonds. The second-order valence-electron chi connectivity index (χ2n) is 2.90. The highest BCUT2D eigenvalue weighted by molar-refractivity contribution is 7.85. The first-order valence-electron chi connectivity index (χ1n) is 4.10. The van der Waals surface area contributed by atoms with Gasteiger partial charge in [0.25, 0.3) is 0 Å². The lowest BCUT2D eigenvalue weighted by Crippen LogP contribution is -2.10. The molecule has 0 bridgehead atoms. The van der Waals surface area contributed by atoms with E-state index in [-0.39, 0.29) is 0 Å². The van der Waals surface area contributed by atoms with Crippen LogP contribution in [0.5, 0.6) is 0 Å². The van der Waals surface area contributed by atoms with Gasteiger partial charge in [0.2, 0.25) is 5.76 Å². The molecule has 0 saturated heterocycles. The summed E-state index contributed by atoms with van der Waals surface area (Å²) in [5.41, 5.74) is 0.698. The molecule has 0 spiro atoms. The van der Waals surface area contributed by atoms with Crippen LogP contribution in [-0.4, -0.2) is 13.0 Å². The van der Waals surface area contributed by atoms with E-state index >= 15 is 0 Å². The second kappa shape index (κ2) is 3.48. The Kier molecular flexibility index (Phi) is 2.29. The Hall–Kier alpha value is -1.66.